The molecular formula is C7H4N2O2. The van der Waals surface area contributed by atoms with Gasteiger partial charge < -0.3 is 4.52 Å². The Morgan fingerprint density at radius 2 is 2.45 bits per heavy atom. The van der Waals surface area contributed by atoms with E-state index < -0.39 is 0 Å². The van der Waals surface area contributed by atoms with E-state index in [2.05, 4.69) is 10.1 Å². The molecule has 2 heterocycles. The molecule has 0 bridgehead atoms. The smallest absolute Gasteiger partial charge is 0.170 e. The lowest BCUT2D eigenvalue weighted by atomic mass is 10.3. The second kappa shape index (κ2) is 2.16. The summed E-state index contributed by atoms with van der Waals surface area (Å²) in [5, 5.41) is 4.19. The number of aldehydes is 1. The van der Waals surface area contributed by atoms with Gasteiger partial charge in [-0.05, 0) is 0 Å². The van der Waals surface area contributed by atoms with Crippen molar-refractivity contribution in [2.45, 2.75) is 0 Å². The zero-order valence-electron chi connectivity index (χ0n) is 5.52. The lowest BCUT2D eigenvalue weighted by Gasteiger charge is -1.87. The number of rotatable bonds is 1. The summed E-state index contributed by atoms with van der Waals surface area (Å²) in [7, 11) is 0. The maximum absolute atomic E-state index is 10.4. The van der Waals surface area contributed by atoms with Crippen molar-refractivity contribution in [3.63, 3.8) is 0 Å². The first-order chi connectivity index (χ1) is 5.42. The van der Waals surface area contributed by atoms with Crippen molar-refractivity contribution >= 4 is 17.3 Å². The first kappa shape index (κ1) is 6.03. The fraction of sp³-hybridized carbons (Fsp3) is 0. The Balaban J connectivity index is 2.88. The van der Waals surface area contributed by atoms with Gasteiger partial charge in [-0.1, -0.05) is 5.16 Å². The predicted octanol–water partition coefficient (Wildman–Crippen LogP) is 1.04. The molecule has 0 amide bonds. The normalized spacial score (nSPS) is 10.2. The Labute approximate surface area is 61.8 Å². The van der Waals surface area contributed by atoms with Gasteiger partial charge in [0.2, 0.25) is 0 Å². The van der Waals surface area contributed by atoms with Crippen LogP contribution in [0.2, 0.25) is 0 Å². The van der Waals surface area contributed by atoms with Crippen LogP contribution in [0.5, 0.6) is 0 Å². The second-order valence-electron chi connectivity index (χ2n) is 2.05. The minimum atomic E-state index is 0.365. The van der Waals surface area contributed by atoms with Crippen LogP contribution in [0.15, 0.2) is 23.0 Å². The molecular weight excluding hydrogens is 144 g/mol. The monoisotopic (exact) mass is 148 g/mol. The molecule has 11 heavy (non-hydrogen) atoms. The van der Waals surface area contributed by atoms with Crippen LogP contribution in [-0.2, 0) is 0 Å². The molecule has 2 rings (SSSR count). The molecule has 0 fully saturated rings. The maximum atomic E-state index is 10.4. The minimum absolute atomic E-state index is 0.365. The number of carbonyl (C=O) groups is 1. The Kier molecular flexibility index (Phi) is 1.18. The van der Waals surface area contributed by atoms with Crippen molar-refractivity contribution in [2.24, 2.45) is 0 Å². The molecule has 0 aliphatic carbocycles. The van der Waals surface area contributed by atoms with Crippen molar-refractivity contribution in [3.05, 3.63) is 24.2 Å². The highest BCUT2D eigenvalue weighted by Gasteiger charge is 2.02. The third-order valence-corrected chi connectivity index (χ3v) is 1.43. The van der Waals surface area contributed by atoms with Crippen molar-refractivity contribution in [1.29, 1.82) is 0 Å². The SMILES string of the molecule is O=Cc1nccc2oncc12. The third-order valence-electron chi connectivity index (χ3n) is 1.43. The quantitative estimate of drug-likeness (QED) is 0.567. The van der Waals surface area contributed by atoms with Gasteiger partial charge in [-0.3, -0.25) is 9.78 Å². The Morgan fingerprint density at radius 3 is 3.27 bits per heavy atom. The highest BCUT2D eigenvalue weighted by molar-refractivity contribution is 5.92. The van der Waals surface area contributed by atoms with Crippen LogP contribution in [0.1, 0.15) is 10.5 Å². The number of fused-ring (bicyclic) bond motifs is 1. The third kappa shape index (κ3) is 0.797. The van der Waals surface area contributed by atoms with Gasteiger partial charge in [0.25, 0.3) is 0 Å². The highest BCUT2D eigenvalue weighted by atomic mass is 16.5. The molecule has 0 radical (unpaired) electrons. The zero-order valence-corrected chi connectivity index (χ0v) is 5.52. The molecule has 0 spiro atoms. The van der Waals surface area contributed by atoms with Crippen molar-refractivity contribution < 1.29 is 9.32 Å². The number of nitrogens with zero attached hydrogens (tertiary/aromatic N) is 2. The van der Waals surface area contributed by atoms with E-state index in [1.54, 1.807) is 6.07 Å². The van der Waals surface area contributed by atoms with Crippen LogP contribution in [0.4, 0.5) is 0 Å². The summed E-state index contributed by atoms with van der Waals surface area (Å²) < 4.78 is 4.81. The van der Waals surface area contributed by atoms with Gasteiger partial charge in [0.1, 0.15) is 5.69 Å². The van der Waals surface area contributed by atoms with Crippen molar-refractivity contribution in [1.82, 2.24) is 10.1 Å². The average molecular weight is 148 g/mol. The van der Waals surface area contributed by atoms with Gasteiger partial charge in [0, 0.05) is 12.3 Å². The van der Waals surface area contributed by atoms with Crippen LogP contribution in [-0.4, -0.2) is 16.4 Å². The van der Waals surface area contributed by atoms with Crippen molar-refractivity contribution in [2.75, 3.05) is 0 Å². The minimum Gasteiger partial charge on any atom is -0.356 e. The largest absolute Gasteiger partial charge is 0.356 e. The average Bonchev–Trinajstić information content (AvgIpc) is 2.50. The molecule has 2 aromatic rings. The summed E-state index contributed by atoms with van der Waals surface area (Å²) in [6.45, 7) is 0. The highest BCUT2D eigenvalue weighted by Crippen LogP contribution is 2.13. The van der Waals surface area contributed by atoms with E-state index in [-0.39, 0.29) is 0 Å². The van der Waals surface area contributed by atoms with Crippen LogP contribution in [0.25, 0.3) is 11.0 Å². The summed E-state index contributed by atoms with van der Waals surface area (Å²) in [4.78, 5) is 14.2. The standard InChI is InChI=1S/C7H4N2O2/c10-4-6-5-3-9-11-7(5)1-2-8-6/h1-4H. The molecule has 4 nitrogen and oxygen atoms in total. The van der Waals surface area contributed by atoms with Gasteiger partial charge in [-0.2, -0.15) is 0 Å². The molecule has 54 valence electrons. The van der Waals surface area contributed by atoms with Crippen LogP contribution in [0.3, 0.4) is 0 Å². The van der Waals surface area contributed by atoms with E-state index in [4.69, 9.17) is 4.52 Å². The fourth-order valence-electron chi connectivity index (χ4n) is 0.910. The predicted molar refractivity (Wildman–Crippen MR) is 37.2 cm³/mol. The lowest BCUT2D eigenvalue weighted by molar-refractivity contribution is 0.112. The van der Waals surface area contributed by atoms with Gasteiger partial charge in [0.15, 0.2) is 11.9 Å². The number of carbonyl (C=O) groups excluding carboxylic acids is 1. The molecule has 0 aromatic carbocycles. The van der Waals surface area contributed by atoms with E-state index in [9.17, 15) is 4.79 Å². The molecule has 0 unspecified atom stereocenters. The molecule has 2 aromatic heterocycles. The Morgan fingerprint density at radius 1 is 1.55 bits per heavy atom. The first-order valence-corrected chi connectivity index (χ1v) is 3.06. The Hall–Kier alpha value is -1.71. The molecule has 4 heteroatoms. The summed E-state index contributed by atoms with van der Waals surface area (Å²) in [5.41, 5.74) is 0.950. The van der Waals surface area contributed by atoms with E-state index in [1.165, 1.54) is 12.4 Å². The van der Waals surface area contributed by atoms with E-state index in [0.29, 0.717) is 22.9 Å². The number of hydrogen-bond acceptors (Lipinski definition) is 4. The molecule has 0 N–H and O–H groups in total. The topological polar surface area (TPSA) is 56.0 Å². The summed E-state index contributed by atoms with van der Waals surface area (Å²) in [6.07, 6.45) is 3.67. The van der Waals surface area contributed by atoms with Gasteiger partial charge in [-0.25, -0.2) is 0 Å². The van der Waals surface area contributed by atoms with Crippen LogP contribution >= 0.6 is 0 Å². The van der Waals surface area contributed by atoms with Crippen molar-refractivity contribution in [3.8, 4) is 0 Å². The van der Waals surface area contributed by atoms with E-state index >= 15 is 0 Å². The molecule has 0 aliphatic heterocycles. The summed E-state index contributed by atoms with van der Waals surface area (Å²) in [5.74, 6) is 0. The lowest BCUT2D eigenvalue weighted by Crippen LogP contribution is -1.84. The molecule has 0 saturated heterocycles. The number of aromatic nitrogens is 2. The van der Waals surface area contributed by atoms with Gasteiger partial charge in [0.05, 0.1) is 11.6 Å². The summed E-state index contributed by atoms with van der Waals surface area (Å²) >= 11 is 0. The molecule has 0 aliphatic rings. The second-order valence-corrected chi connectivity index (χ2v) is 2.05. The van der Waals surface area contributed by atoms with Crippen LogP contribution < -0.4 is 0 Å². The van der Waals surface area contributed by atoms with E-state index in [0.717, 1.165) is 0 Å². The zero-order chi connectivity index (χ0) is 7.68. The van der Waals surface area contributed by atoms with Gasteiger partial charge in [-0.15, -0.1) is 0 Å². The fourth-order valence-corrected chi connectivity index (χ4v) is 0.910. The first-order valence-electron chi connectivity index (χ1n) is 3.06. The maximum Gasteiger partial charge on any atom is 0.170 e. The van der Waals surface area contributed by atoms with Gasteiger partial charge >= 0.3 is 0 Å². The Bertz CT molecular complexity index is 394. The molecule has 0 saturated carbocycles. The molecule has 0 atom stereocenters. The summed E-state index contributed by atoms with van der Waals surface area (Å²) in [6, 6.07) is 1.66. The van der Waals surface area contributed by atoms with Crippen LogP contribution in [0, 0.1) is 0 Å². The van der Waals surface area contributed by atoms with E-state index in [1.807, 2.05) is 0 Å². The number of pyridine rings is 1. The number of hydrogen-bond donors (Lipinski definition) is 0.